The number of rotatable bonds is 7. The summed E-state index contributed by atoms with van der Waals surface area (Å²) in [7, 11) is 0. The molecule has 8 nitrogen and oxygen atoms in total. The Hall–Kier alpha value is -4.25. The van der Waals surface area contributed by atoms with Crippen molar-refractivity contribution in [1.29, 1.82) is 0 Å². The molecule has 2 aromatic heterocycles. The van der Waals surface area contributed by atoms with Crippen LogP contribution in [0.4, 0.5) is 0 Å². The summed E-state index contributed by atoms with van der Waals surface area (Å²) in [6.45, 7) is 0.182. The first kappa shape index (κ1) is 27.9. The Labute approximate surface area is 260 Å². The van der Waals surface area contributed by atoms with Gasteiger partial charge in [0.2, 0.25) is 5.82 Å². The van der Waals surface area contributed by atoms with Gasteiger partial charge in [0, 0.05) is 9.86 Å². The molecule has 42 heavy (non-hydrogen) atoms. The number of aromatic carboxylic acids is 1. The average Bonchev–Trinajstić information content (AvgIpc) is 3.39. The highest BCUT2D eigenvalue weighted by atomic mass is 79.9. The Balaban J connectivity index is 1.34. The van der Waals surface area contributed by atoms with Gasteiger partial charge in [0.1, 0.15) is 12.2 Å². The third-order valence-electron chi connectivity index (χ3n) is 6.38. The highest BCUT2D eigenvalue weighted by molar-refractivity contribution is 9.10. The van der Waals surface area contributed by atoms with E-state index in [1.165, 1.54) is 23.0 Å². The van der Waals surface area contributed by atoms with Gasteiger partial charge in [-0.05, 0) is 87.7 Å². The van der Waals surface area contributed by atoms with E-state index in [9.17, 15) is 9.59 Å². The summed E-state index contributed by atoms with van der Waals surface area (Å²) in [6.07, 6.45) is 1.51. The number of fused-ring (bicyclic) bond motifs is 2. The van der Waals surface area contributed by atoms with E-state index >= 15 is 0 Å². The van der Waals surface area contributed by atoms with Crippen molar-refractivity contribution in [1.82, 2.24) is 9.66 Å². The van der Waals surface area contributed by atoms with Crippen molar-refractivity contribution in [3.05, 3.63) is 126 Å². The van der Waals surface area contributed by atoms with Crippen molar-refractivity contribution in [2.75, 3.05) is 0 Å². The highest BCUT2D eigenvalue weighted by Crippen LogP contribution is 2.35. The Morgan fingerprint density at radius 2 is 1.83 bits per heavy atom. The van der Waals surface area contributed by atoms with E-state index in [1.807, 2.05) is 30.3 Å². The fraction of sp³-hybridized carbons (Fsp3) is 0.0323. The van der Waals surface area contributed by atoms with Crippen molar-refractivity contribution in [2.24, 2.45) is 5.10 Å². The molecule has 0 atom stereocenters. The molecule has 0 radical (unpaired) electrons. The third-order valence-corrected chi connectivity index (χ3v) is 7.74. The molecule has 1 N–H and O–H groups in total. The maximum atomic E-state index is 13.6. The fourth-order valence-corrected chi connectivity index (χ4v) is 5.70. The maximum absolute atomic E-state index is 13.6. The summed E-state index contributed by atoms with van der Waals surface area (Å²) in [5.74, 6) is 0.0590. The van der Waals surface area contributed by atoms with Crippen molar-refractivity contribution < 1.29 is 19.1 Å². The van der Waals surface area contributed by atoms with Crippen LogP contribution in [0.3, 0.4) is 0 Å². The van der Waals surface area contributed by atoms with Crippen molar-refractivity contribution in [3.63, 3.8) is 0 Å². The number of para-hydroxylation sites is 1. The van der Waals surface area contributed by atoms with Gasteiger partial charge in [0.25, 0.3) is 5.56 Å². The molecule has 0 saturated carbocycles. The van der Waals surface area contributed by atoms with Gasteiger partial charge >= 0.3 is 5.97 Å². The van der Waals surface area contributed by atoms with E-state index in [4.69, 9.17) is 30.8 Å². The largest absolute Gasteiger partial charge is 0.486 e. The third kappa shape index (κ3) is 5.61. The number of carbonyl (C=O) groups is 1. The monoisotopic (exact) mass is 705 g/mol. The quantitative estimate of drug-likeness (QED) is 0.168. The number of benzene rings is 4. The summed E-state index contributed by atoms with van der Waals surface area (Å²) < 4.78 is 14.6. The second-order valence-electron chi connectivity index (χ2n) is 9.21. The molecule has 0 bridgehead atoms. The molecule has 0 unspecified atom stereocenters. The molecule has 0 amide bonds. The van der Waals surface area contributed by atoms with E-state index < -0.39 is 5.97 Å². The smallest absolute Gasteiger partial charge is 0.335 e. The lowest BCUT2D eigenvalue weighted by atomic mass is 10.1. The van der Waals surface area contributed by atoms with Gasteiger partial charge in [-0.2, -0.15) is 9.78 Å². The molecule has 0 fully saturated rings. The lowest BCUT2D eigenvalue weighted by molar-refractivity contribution is 0.0697. The van der Waals surface area contributed by atoms with Crippen molar-refractivity contribution in [2.45, 2.75) is 6.61 Å². The number of carboxylic acids is 1. The van der Waals surface area contributed by atoms with Gasteiger partial charge in [-0.25, -0.2) is 9.78 Å². The number of halogens is 3. The SMILES string of the molecule is O=C(O)c1ccc(COc2c(Cl)cc(C=Nn3c(-c4cc5cc(Br)ccc5o4)nc4ccccc4c3=O)cc2Br)cc1. The van der Waals surface area contributed by atoms with E-state index in [-0.39, 0.29) is 23.6 Å². The topological polar surface area (TPSA) is 107 Å². The molecule has 4 aromatic carbocycles. The van der Waals surface area contributed by atoms with Gasteiger partial charge in [0.05, 0.1) is 32.2 Å². The van der Waals surface area contributed by atoms with E-state index in [2.05, 4.69) is 37.0 Å². The fourth-order valence-electron chi connectivity index (χ4n) is 4.33. The molecule has 0 saturated heterocycles. The number of nitrogens with zero attached hydrogens (tertiary/aromatic N) is 3. The number of aromatic nitrogens is 2. The van der Waals surface area contributed by atoms with Crippen LogP contribution in [0.2, 0.25) is 5.02 Å². The van der Waals surface area contributed by atoms with Crippen LogP contribution in [-0.2, 0) is 6.61 Å². The lowest BCUT2D eigenvalue weighted by Crippen LogP contribution is -2.20. The molecule has 0 aliphatic carbocycles. The van der Waals surface area contributed by atoms with Crippen molar-refractivity contribution >= 4 is 77.5 Å². The molecular weight excluding hydrogens is 690 g/mol. The minimum atomic E-state index is -0.995. The van der Waals surface area contributed by atoms with Crippen LogP contribution in [0, 0.1) is 0 Å². The van der Waals surface area contributed by atoms with Gasteiger partial charge < -0.3 is 14.3 Å². The normalized spacial score (nSPS) is 11.5. The maximum Gasteiger partial charge on any atom is 0.335 e. The zero-order chi connectivity index (χ0) is 29.4. The molecule has 0 aliphatic rings. The van der Waals surface area contributed by atoms with Gasteiger partial charge in [0.15, 0.2) is 11.5 Å². The summed E-state index contributed by atoms with van der Waals surface area (Å²) in [5, 5.41) is 15.2. The van der Waals surface area contributed by atoms with Crippen molar-refractivity contribution in [3.8, 4) is 17.3 Å². The van der Waals surface area contributed by atoms with Gasteiger partial charge in [-0.15, -0.1) is 0 Å². The Morgan fingerprint density at radius 1 is 1.05 bits per heavy atom. The first-order chi connectivity index (χ1) is 20.3. The van der Waals surface area contributed by atoms with Crippen LogP contribution < -0.4 is 10.3 Å². The molecule has 0 spiro atoms. The minimum absolute atomic E-state index is 0.182. The van der Waals surface area contributed by atoms with Gasteiger partial charge in [-0.1, -0.05) is 51.8 Å². The molecule has 6 rings (SSSR count). The Morgan fingerprint density at radius 3 is 2.60 bits per heavy atom. The van der Waals surface area contributed by atoms with Crippen LogP contribution in [-0.4, -0.2) is 27.0 Å². The predicted molar refractivity (Wildman–Crippen MR) is 169 cm³/mol. The molecular formula is C31H18Br2ClN3O5. The zero-order valence-electron chi connectivity index (χ0n) is 21.4. The number of furan rings is 1. The van der Waals surface area contributed by atoms with E-state index in [1.54, 1.807) is 42.5 Å². The van der Waals surface area contributed by atoms with Crippen LogP contribution in [0.5, 0.6) is 5.75 Å². The number of ether oxygens (including phenoxy) is 1. The van der Waals surface area contributed by atoms with E-state index in [0.717, 1.165) is 15.4 Å². The number of carboxylic acid groups (broad SMARTS) is 1. The van der Waals surface area contributed by atoms with Crippen LogP contribution in [0.25, 0.3) is 33.5 Å². The second kappa shape index (κ2) is 11.6. The molecule has 2 heterocycles. The lowest BCUT2D eigenvalue weighted by Gasteiger charge is -2.11. The first-order valence-corrected chi connectivity index (χ1v) is 14.4. The Kier molecular flexibility index (Phi) is 7.68. The number of hydrogen-bond acceptors (Lipinski definition) is 6. The summed E-state index contributed by atoms with van der Waals surface area (Å²) >= 11 is 13.5. The van der Waals surface area contributed by atoms with Crippen LogP contribution in [0.15, 0.2) is 108 Å². The minimum Gasteiger partial charge on any atom is -0.486 e. The average molecular weight is 708 g/mol. The van der Waals surface area contributed by atoms with E-state index in [0.29, 0.717) is 43.1 Å². The summed E-state index contributed by atoms with van der Waals surface area (Å²) in [4.78, 5) is 29.3. The van der Waals surface area contributed by atoms with Gasteiger partial charge in [-0.3, -0.25) is 4.79 Å². The zero-order valence-corrected chi connectivity index (χ0v) is 25.4. The second-order valence-corrected chi connectivity index (χ2v) is 11.4. The molecule has 0 aliphatic heterocycles. The predicted octanol–water partition coefficient (Wildman–Crippen LogP) is 8.15. The molecule has 6 aromatic rings. The summed E-state index contributed by atoms with van der Waals surface area (Å²) in [6, 6.07) is 24.3. The highest BCUT2D eigenvalue weighted by Gasteiger charge is 2.17. The standard InChI is InChI=1S/C31H18Br2ClN3O5/c32-21-9-10-26-20(13-21)14-27(42-26)29-36-25-4-2-1-3-22(25)30(38)37(29)35-15-18-11-23(33)28(24(34)12-18)41-16-17-5-7-19(8-6-17)31(39)40/h1-15H,16H2,(H,39,40). The van der Waals surface area contributed by atoms with Crippen LogP contribution >= 0.6 is 43.5 Å². The molecule has 11 heteroatoms. The van der Waals surface area contributed by atoms with Crippen LogP contribution in [0.1, 0.15) is 21.5 Å². The molecule has 208 valence electrons. The number of hydrogen-bond donors (Lipinski definition) is 1. The Bertz CT molecular complexity index is 2060. The summed E-state index contributed by atoms with van der Waals surface area (Å²) in [5.41, 5.74) is 2.39. The first-order valence-electron chi connectivity index (χ1n) is 12.5.